The molecule has 0 spiro atoms. The first-order valence-electron chi connectivity index (χ1n) is 6.93. The van der Waals surface area contributed by atoms with Crippen molar-refractivity contribution in [2.45, 2.75) is 13.3 Å². The van der Waals surface area contributed by atoms with E-state index in [0.717, 1.165) is 5.56 Å². The summed E-state index contributed by atoms with van der Waals surface area (Å²) in [6.45, 7) is 2.41. The van der Waals surface area contributed by atoms with Crippen molar-refractivity contribution < 1.29 is 19.0 Å². The van der Waals surface area contributed by atoms with E-state index in [4.69, 9.17) is 19.5 Å². The lowest BCUT2D eigenvalue weighted by Gasteiger charge is -2.08. The molecule has 0 aliphatic heterocycles. The molecule has 22 heavy (non-hydrogen) atoms. The third kappa shape index (κ3) is 5.09. The Bertz CT molecular complexity index is 564. The van der Waals surface area contributed by atoms with Gasteiger partial charge in [0.2, 0.25) is 0 Å². The number of carbonyl (C=O) groups excluding carboxylic acids is 1. The van der Waals surface area contributed by atoms with Crippen molar-refractivity contribution in [3.63, 3.8) is 0 Å². The summed E-state index contributed by atoms with van der Waals surface area (Å²) in [7, 11) is 3.16. The van der Waals surface area contributed by atoms with Crippen LogP contribution < -0.4 is 9.47 Å². The molecule has 1 aromatic carbocycles. The zero-order chi connectivity index (χ0) is 16.4. The predicted molar refractivity (Wildman–Crippen MR) is 82.3 cm³/mol. The van der Waals surface area contributed by atoms with Crippen LogP contribution in [-0.2, 0) is 16.0 Å². The van der Waals surface area contributed by atoms with Crippen LogP contribution in [0.1, 0.15) is 12.5 Å². The zero-order valence-electron chi connectivity index (χ0n) is 13.0. The largest absolute Gasteiger partial charge is 0.493 e. The first kappa shape index (κ1) is 17.5. The molecule has 0 unspecified atom stereocenters. The van der Waals surface area contributed by atoms with Gasteiger partial charge in [0, 0.05) is 12.8 Å². The Kier molecular flexibility index (Phi) is 7.48. The van der Waals surface area contributed by atoms with E-state index in [1.54, 1.807) is 21.1 Å². The molecule has 0 saturated carbocycles. The number of esters is 1. The number of benzene rings is 1. The normalized spacial score (nSPS) is 11.7. The highest BCUT2D eigenvalue weighted by molar-refractivity contribution is 5.92. The van der Waals surface area contributed by atoms with Crippen LogP contribution in [0, 0.1) is 17.2 Å². The summed E-state index contributed by atoms with van der Waals surface area (Å²) < 4.78 is 15.2. The number of carbonyl (C=O) groups is 1. The Hall–Kier alpha value is -2.55. The van der Waals surface area contributed by atoms with E-state index < -0.39 is 11.9 Å². The fraction of sp³-hybridized carbons (Fsp3) is 0.438. The van der Waals surface area contributed by atoms with Gasteiger partial charge in [-0.25, -0.2) is 0 Å². The van der Waals surface area contributed by atoms with Gasteiger partial charge in [-0.2, -0.15) is 5.26 Å². The molecule has 1 rings (SSSR count). The lowest BCUT2D eigenvalue weighted by molar-refractivity contribution is -0.143. The van der Waals surface area contributed by atoms with E-state index >= 15 is 0 Å². The maximum absolute atomic E-state index is 11.4. The van der Waals surface area contributed by atoms with Crippen LogP contribution in [0.4, 0.5) is 0 Å². The van der Waals surface area contributed by atoms with Crippen LogP contribution in [0.5, 0.6) is 11.5 Å². The summed E-state index contributed by atoms with van der Waals surface area (Å²) in [5.74, 6) is -0.197. The molecule has 0 aromatic heterocycles. The molecular weight excluding hydrogens is 284 g/mol. The number of rotatable bonds is 8. The molecule has 0 aliphatic rings. The molecule has 0 N–H and O–H groups in total. The van der Waals surface area contributed by atoms with Crippen molar-refractivity contribution in [3.05, 3.63) is 23.8 Å². The van der Waals surface area contributed by atoms with E-state index in [-0.39, 0.29) is 6.61 Å². The van der Waals surface area contributed by atoms with Crippen LogP contribution >= 0.6 is 0 Å². The number of hydrogen-bond acceptors (Lipinski definition) is 6. The van der Waals surface area contributed by atoms with Crippen molar-refractivity contribution in [1.82, 2.24) is 0 Å². The highest BCUT2D eigenvalue weighted by Crippen LogP contribution is 2.27. The lowest BCUT2D eigenvalue weighted by Crippen LogP contribution is -2.17. The topological polar surface area (TPSA) is 80.9 Å². The third-order valence-corrected chi connectivity index (χ3v) is 2.91. The molecule has 0 radical (unpaired) electrons. The summed E-state index contributed by atoms with van der Waals surface area (Å²) in [4.78, 5) is 15.5. The Labute approximate surface area is 130 Å². The fourth-order valence-corrected chi connectivity index (χ4v) is 1.79. The van der Waals surface area contributed by atoms with Crippen molar-refractivity contribution in [2.24, 2.45) is 10.9 Å². The summed E-state index contributed by atoms with van der Waals surface area (Å²) in [6, 6.07) is 7.48. The van der Waals surface area contributed by atoms with Gasteiger partial charge in [-0.05, 0) is 31.0 Å². The van der Waals surface area contributed by atoms with Crippen molar-refractivity contribution >= 4 is 12.2 Å². The van der Waals surface area contributed by atoms with E-state index in [2.05, 4.69) is 4.99 Å². The zero-order valence-corrected chi connectivity index (χ0v) is 13.0. The molecule has 1 aromatic rings. The summed E-state index contributed by atoms with van der Waals surface area (Å²) >= 11 is 0. The van der Waals surface area contributed by atoms with Gasteiger partial charge >= 0.3 is 5.97 Å². The second-order valence-electron chi connectivity index (χ2n) is 4.35. The summed E-state index contributed by atoms with van der Waals surface area (Å²) in [5, 5.41) is 8.89. The minimum absolute atomic E-state index is 0.247. The molecule has 0 aliphatic carbocycles. The molecule has 1 atom stereocenters. The standard InChI is InChI=1S/C16H20N2O4/c1-4-22-16(19)13(10-17)11-18-8-7-12-5-6-14(20-2)15(9-12)21-3/h5-6,9,11,13H,4,7-8H2,1-3H3/t13-/m1/s1. The Balaban J connectivity index is 2.58. The average Bonchev–Trinajstić information content (AvgIpc) is 2.54. The highest BCUT2D eigenvalue weighted by Gasteiger charge is 2.15. The summed E-state index contributed by atoms with van der Waals surface area (Å²) in [6.07, 6.45) is 2.00. The molecule has 0 amide bonds. The van der Waals surface area contributed by atoms with Gasteiger partial charge in [-0.15, -0.1) is 0 Å². The number of nitriles is 1. The molecule has 0 bridgehead atoms. The van der Waals surface area contributed by atoms with E-state index in [1.807, 2.05) is 24.3 Å². The quantitative estimate of drug-likeness (QED) is 0.542. The van der Waals surface area contributed by atoms with Crippen LogP contribution in [0.2, 0.25) is 0 Å². The maximum atomic E-state index is 11.4. The molecule has 6 heteroatoms. The molecule has 0 saturated heterocycles. The van der Waals surface area contributed by atoms with E-state index in [0.29, 0.717) is 24.5 Å². The van der Waals surface area contributed by atoms with Crippen molar-refractivity contribution in [3.8, 4) is 17.6 Å². The monoisotopic (exact) mass is 304 g/mol. The number of nitrogens with zero attached hydrogens (tertiary/aromatic N) is 2. The highest BCUT2D eigenvalue weighted by atomic mass is 16.5. The van der Waals surface area contributed by atoms with Gasteiger partial charge in [0.1, 0.15) is 0 Å². The minimum atomic E-state index is -0.953. The number of hydrogen-bond donors (Lipinski definition) is 0. The van der Waals surface area contributed by atoms with Gasteiger partial charge in [0.25, 0.3) is 0 Å². The van der Waals surface area contributed by atoms with Gasteiger partial charge in [0.15, 0.2) is 17.4 Å². The average molecular weight is 304 g/mol. The SMILES string of the molecule is CCOC(=O)[C@H](C#N)C=NCCc1ccc(OC)c(OC)c1. The molecular formula is C16H20N2O4. The van der Waals surface area contributed by atoms with Crippen LogP contribution in [0.15, 0.2) is 23.2 Å². The van der Waals surface area contributed by atoms with Crippen molar-refractivity contribution in [2.75, 3.05) is 27.4 Å². The fourth-order valence-electron chi connectivity index (χ4n) is 1.79. The molecule has 6 nitrogen and oxygen atoms in total. The number of aliphatic imine (C=N–C) groups is 1. The molecule has 118 valence electrons. The third-order valence-electron chi connectivity index (χ3n) is 2.91. The smallest absolute Gasteiger partial charge is 0.328 e. The van der Waals surface area contributed by atoms with Gasteiger partial charge in [-0.3, -0.25) is 9.79 Å². The van der Waals surface area contributed by atoms with Crippen molar-refractivity contribution in [1.29, 1.82) is 5.26 Å². The second kappa shape index (κ2) is 9.40. The first-order valence-corrected chi connectivity index (χ1v) is 6.93. The Morgan fingerprint density at radius 1 is 1.36 bits per heavy atom. The molecule has 0 fully saturated rings. The summed E-state index contributed by atoms with van der Waals surface area (Å²) in [5.41, 5.74) is 1.03. The second-order valence-corrected chi connectivity index (χ2v) is 4.35. The van der Waals surface area contributed by atoms with Gasteiger partial charge < -0.3 is 14.2 Å². The predicted octanol–water partition coefficient (Wildman–Crippen LogP) is 2.02. The number of methoxy groups -OCH3 is 2. The van der Waals surface area contributed by atoms with Crippen LogP contribution in [0.25, 0.3) is 0 Å². The number of ether oxygens (including phenoxy) is 3. The van der Waals surface area contributed by atoms with Crippen LogP contribution in [-0.4, -0.2) is 39.6 Å². The van der Waals surface area contributed by atoms with E-state index in [9.17, 15) is 4.79 Å². The Morgan fingerprint density at radius 2 is 2.09 bits per heavy atom. The van der Waals surface area contributed by atoms with Gasteiger partial charge in [0.05, 0.1) is 26.9 Å². The lowest BCUT2D eigenvalue weighted by atomic mass is 10.1. The van der Waals surface area contributed by atoms with E-state index in [1.165, 1.54) is 6.21 Å². The maximum Gasteiger partial charge on any atom is 0.328 e. The first-order chi connectivity index (χ1) is 10.7. The molecule has 0 heterocycles. The van der Waals surface area contributed by atoms with Gasteiger partial charge in [-0.1, -0.05) is 6.07 Å². The Morgan fingerprint density at radius 3 is 2.68 bits per heavy atom. The minimum Gasteiger partial charge on any atom is -0.493 e. The van der Waals surface area contributed by atoms with Crippen LogP contribution in [0.3, 0.4) is 0 Å².